The molecule has 2 atom stereocenters. The first-order valence-corrected chi connectivity index (χ1v) is 9.66. The van der Waals surface area contributed by atoms with E-state index in [1.165, 1.54) is 0 Å². The number of amides is 3. The maximum absolute atomic E-state index is 12.8. The van der Waals surface area contributed by atoms with Crippen molar-refractivity contribution < 1.29 is 24.3 Å². The molecule has 3 rings (SSSR count). The largest absolute Gasteiger partial charge is 0.480 e. The van der Waals surface area contributed by atoms with Gasteiger partial charge in [-0.25, -0.2) is 9.78 Å². The number of hydrogen-bond donors (Lipinski definition) is 5. The van der Waals surface area contributed by atoms with Gasteiger partial charge in [-0.1, -0.05) is 32.0 Å². The fourth-order valence-electron chi connectivity index (χ4n) is 3.29. The topological polar surface area (TPSA) is 167 Å². The number of hydrogen-bond acceptors (Lipinski definition) is 5. The van der Waals surface area contributed by atoms with Crippen molar-refractivity contribution in [3.8, 4) is 0 Å². The van der Waals surface area contributed by atoms with Gasteiger partial charge in [0.1, 0.15) is 17.8 Å². The monoisotopic (exact) mass is 425 g/mol. The third-order valence-corrected chi connectivity index (χ3v) is 4.88. The van der Waals surface area contributed by atoms with Gasteiger partial charge in [0.15, 0.2) is 0 Å². The fraction of sp³-hybridized carbons (Fsp3) is 0.286. The van der Waals surface area contributed by atoms with Crippen LogP contribution in [0.4, 0.5) is 0 Å². The SMILES string of the molecule is CC(C)C(NC(=O)c1cc2c(cn1)[nH]c1ccccc12)C(=O)NC(CC(N)=O)C(=O)O. The minimum absolute atomic E-state index is 0.114. The van der Waals surface area contributed by atoms with E-state index in [-0.39, 0.29) is 11.6 Å². The Labute approximate surface area is 177 Å². The van der Waals surface area contributed by atoms with Crippen molar-refractivity contribution in [3.05, 3.63) is 42.2 Å². The van der Waals surface area contributed by atoms with Gasteiger partial charge in [0.2, 0.25) is 11.8 Å². The number of para-hydroxylation sites is 1. The van der Waals surface area contributed by atoms with E-state index in [0.29, 0.717) is 0 Å². The molecule has 0 aliphatic heterocycles. The standard InChI is InChI=1S/C21H23N5O5/c1-10(2)18(20(29)25-15(21(30)31)8-17(22)27)26-19(28)14-7-12-11-5-3-4-6-13(11)24-16(12)9-23-14/h3-7,9-10,15,18,24H,8H2,1-2H3,(H2,22,27)(H,25,29)(H,26,28)(H,30,31). The van der Waals surface area contributed by atoms with Crippen LogP contribution in [0.25, 0.3) is 21.8 Å². The molecule has 10 heteroatoms. The molecule has 6 N–H and O–H groups in total. The Kier molecular flexibility index (Phi) is 6.19. The van der Waals surface area contributed by atoms with Crippen molar-refractivity contribution in [1.29, 1.82) is 0 Å². The van der Waals surface area contributed by atoms with Gasteiger partial charge in [-0.3, -0.25) is 14.4 Å². The first-order chi connectivity index (χ1) is 14.7. The van der Waals surface area contributed by atoms with Gasteiger partial charge in [-0.15, -0.1) is 0 Å². The van der Waals surface area contributed by atoms with Crippen LogP contribution in [0.1, 0.15) is 30.8 Å². The van der Waals surface area contributed by atoms with E-state index >= 15 is 0 Å². The lowest BCUT2D eigenvalue weighted by atomic mass is 10.0. The minimum atomic E-state index is -1.48. The molecule has 2 heterocycles. The van der Waals surface area contributed by atoms with E-state index in [2.05, 4.69) is 20.6 Å². The molecule has 0 spiro atoms. The van der Waals surface area contributed by atoms with Crippen molar-refractivity contribution in [3.63, 3.8) is 0 Å². The zero-order valence-corrected chi connectivity index (χ0v) is 17.0. The minimum Gasteiger partial charge on any atom is -0.480 e. The van der Waals surface area contributed by atoms with E-state index in [1.54, 1.807) is 26.1 Å². The van der Waals surface area contributed by atoms with Crippen LogP contribution in [0.5, 0.6) is 0 Å². The molecule has 162 valence electrons. The molecule has 3 amide bonds. The van der Waals surface area contributed by atoms with Gasteiger partial charge in [0.25, 0.3) is 5.91 Å². The van der Waals surface area contributed by atoms with E-state index in [0.717, 1.165) is 21.8 Å². The number of aliphatic carboxylic acids is 1. The summed E-state index contributed by atoms with van der Waals surface area (Å²) >= 11 is 0. The molecule has 0 aliphatic carbocycles. The highest BCUT2D eigenvalue weighted by atomic mass is 16.4. The summed E-state index contributed by atoms with van der Waals surface area (Å²) in [6, 6.07) is 6.73. The summed E-state index contributed by atoms with van der Waals surface area (Å²) < 4.78 is 0. The Morgan fingerprint density at radius 1 is 1.10 bits per heavy atom. The maximum atomic E-state index is 12.8. The fourth-order valence-corrected chi connectivity index (χ4v) is 3.29. The predicted molar refractivity (Wildman–Crippen MR) is 113 cm³/mol. The lowest BCUT2D eigenvalue weighted by Crippen LogP contribution is -2.54. The first kappa shape index (κ1) is 21.8. The first-order valence-electron chi connectivity index (χ1n) is 9.66. The molecule has 2 unspecified atom stereocenters. The molecular weight excluding hydrogens is 402 g/mol. The van der Waals surface area contributed by atoms with Crippen LogP contribution in [0.3, 0.4) is 0 Å². The van der Waals surface area contributed by atoms with Crippen LogP contribution >= 0.6 is 0 Å². The molecule has 0 saturated heterocycles. The van der Waals surface area contributed by atoms with Crippen molar-refractivity contribution in [2.24, 2.45) is 11.7 Å². The van der Waals surface area contributed by atoms with Gasteiger partial charge < -0.3 is 26.5 Å². The van der Waals surface area contributed by atoms with Crippen LogP contribution in [0.15, 0.2) is 36.5 Å². The second kappa shape index (κ2) is 8.82. The Morgan fingerprint density at radius 2 is 1.81 bits per heavy atom. The Bertz CT molecular complexity index is 1170. The molecule has 2 aromatic heterocycles. The number of aromatic amines is 1. The number of carbonyl (C=O) groups excluding carboxylic acids is 3. The summed E-state index contributed by atoms with van der Waals surface area (Å²) in [5.41, 5.74) is 6.83. The van der Waals surface area contributed by atoms with Crippen LogP contribution in [-0.4, -0.2) is 50.8 Å². The average Bonchev–Trinajstić information content (AvgIpc) is 3.08. The number of carboxylic acid groups (broad SMARTS) is 1. The predicted octanol–water partition coefficient (Wildman–Crippen LogP) is 0.915. The second-order valence-corrected chi connectivity index (χ2v) is 7.55. The highest BCUT2D eigenvalue weighted by molar-refractivity contribution is 6.09. The summed E-state index contributed by atoms with van der Waals surface area (Å²) in [4.78, 5) is 55.2. The highest BCUT2D eigenvalue weighted by Gasteiger charge is 2.30. The summed E-state index contributed by atoms with van der Waals surface area (Å²) in [7, 11) is 0. The van der Waals surface area contributed by atoms with Gasteiger partial charge in [-0.05, 0) is 18.1 Å². The molecular formula is C21H23N5O5. The van der Waals surface area contributed by atoms with Crippen LogP contribution in [0, 0.1) is 5.92 Å². The summed E-state index contributed by atoms with van der Waals surface area (Å²) in [5.74, 6) is -3.93. The third-order valence-electron chi connectivity index (χ3n) is 4.88. The normalized spacial score (nSPS) is 13.1. The van der Waals surface area contributed by atoms with Crippen molar-refractivity contribution in [2.45, 2.75) is 32.4 Å². The van der Waals surface area contributed by atoms with Crippen molar-refractivity contribution in [2.75, 3.05) is 0 Å². The van der Waals surface area contributed by atoms with E-state index < -0.39 is 42.2 Å². The summed E-state index contributed by atoms with van der Waals surface area (Å²) in [5, 5.41) is 15.8. The van der Waals surface area contributed by atoms with Gasteiger partial charge >= 0.3 is 5.97 Å². The van der Waals surface area contributed by atoms with Gasteiger partial charge in [-0.2, -0.15) is 0 Å². The van der Waals surface area contributed by atoms with Crippen molar-refractivity contribution >= 4 is 45.5 Å². The molecule has 0 aliphatic rings. The lowest BCUT2D eigenvalue weighted by molar-refractivity contribution is -0.143. The number of carboxylic acids is 1. The molecule has 0 saturated carbocycles. The summed E-state index contributed by atoms with van der Waals surface area (Å²) in [6.45, 7) is 3.40. The number of nitrogens with two attached hydrogens (primary N) is 1. The number of carbonyl (C=O) groups is 4. The quantitative estimate of drug-likeness (QED) is 0.359. The summed E-state index contributed by atoms with van der Waals surface area (Å²) in [6.07, 6.45) is 0.987. The molecule has 31 heavy (non-hydrogen) atoms. The second-order valence-electron chi connectivity index (χ2n) is 7.55. The average molecular weight is 425 g/mol. The zero-order valence-electron chi connectivity index (χ0n) is 17.0. The van der Waals surface area contributed by atoms with Gasteiger partial charge in [0, 0.05) is 16.3 Å². The number of nitrogens with zero attached hydrogens (tertiary/aromatic N) is 1. The van der Waals surface area contributed by atoms with Crippen LogP contribution in [-0.2, 0) is 14.4 Å². The number of aromatic nitrogens is 2. The molecule has 3 aromatic rings. The van der Waals surface area contributed by atoms with E-state index in [9.17, 15) is 24.3 Å². The van der Waals surface area contributed by atoms with Crippen LogP contribution in [0.2, 0.25) is 0 Å². The molecule has 0 bridgehead atoms. The Hall–Kier alpha value is -3.95. The number of fused-ring (bicyclic) bond motifs is 3. The highest BCUT2D eigenvalue weighted by Crippen LogP contribution is 2.25. The van der Waals surface area contributed by atoms with Crippen molar-refractivity contribution in [1.82, 2.24) is 20.6 Å². The number of pyridine rings is 1. The Balaban J connectivity index is 1.81. The van der Waals surface area contributed by atoms with E-state index in [1.807, 2.05) is 24.3 Å². The maximum Gasteiger partial charge on any atom is 0.326 e. The Morgan fingerprint density at radius 3 is 2.45 bits per heavy atom. The van der Waals surface area contributed by atoms with Gasteiger partial charge in [0.05, 0.1) is 18.1 Å². The molecule has 1 aromatic carbocycles. The molecule has 0 fully saturated rings. The molecule has 0 radical (unpaired) electrons. The zero-order chi connectivity index (χ0) is 22.7. The third kappa shape index (κ3) is 4.80. The number of primary amides is 1. The van der Waals surface area contributed by atoms with Crippen LogP contribution < -0.4 is 16.4 Å². The lowest BCUT2D eigenvalue weighted by Gasteiger charge is -2.23. The smallest absolute Gasteiger partial charge is 0.326 e. The molecule has 10 nitrogen and oxygen atoms in total. The number of nitrogens with one attached hydrogen (secondary N) is 3. The van der Waals surface area contributed by atoms with E-state index in [4.69, 9.17) is 5.73 Å². The number of H-pyrrole nitrogens is 1. The number of rotatable bonds is 8. The number of benzene rings is 1.